The van der Waals surface area contributed by atoms with Crippen LogP contribution in [-0.2, 0) is 17.3 Å². The average molecular weight is 364 g/mol. The van der Waals surface area contributed by atoms with Crippen LogP contribution in [0.1, 0.15) is 12.5 Å². The second-order valence-corrected chi connectivity index (χ2v) is 7.12. The van der Waals surface area contributed by atoms with Crippen molar-refractivity contribution >= 4 is 28.4 Å². The maximum atomic E-state index is 12.2. The SMILES string of the molecule is CCNC(=NCc1cccc(Cl)c1)NCCS(=O)c1ccccc1. The highest BCUT2D eigenvalue weighted by molar-refractivity contribution is 7.85. The van der Waals surface area contributed by atoms with Gasteiger partial charge in [-0.05, 0) is 36.8 Å². The van der Waals surface area contributed by atoms with E-state index in [0.29, 0.717) is 29.8 Å². The molecule has 0 bridgehead atoms. The monoisotopic (exact) mass is 363 g/mol. The molecule has 128 valence electrons. The minimum atomic E-state index is -1.01. The Morgan fingerprint density at radius 3 is 2.62 bits per heavy atom. The van der Waals surface area contributed by atoms with Crippen molar-refractivity contribution in [1.82, 2.24) is 10.6 Å². The lowest BCUT2D eigenvalue weighted by atomic mass is 10.2. The van der Waals surface area contributed by atoms with Gasteiger partial charge < -0.3 is 10.6 Å². The predicted molar refractivity (Wildman–Crippen MR) is 102 cm³/mol. The molecular formula is C18H22ClN3OS. The first-order valence-corrected chi connectivity index (χ1v) is 9.58. The number of hydrogen-bond acceptors (Lipinski definition) is 2. The van der Waals surface area contributed by atoms with Crippen LogP contribution in [0.4, 0.5) is 0 Å². The smallest absolute Gasteiger partial charge is 0.191 e. The van der Waals surface area contributed by atoms with E-state index in [4.69, 9.17) is 11.6 Å². The fourth-order valence-electron chi connectivity index (χ4n) is 2.10. The van der Waals surface area contributed by atoms with E-state index in [1.807, 2.05) is 61.5 Å². The van der Waals surface area contributed by atoms with Gasteiger partial charge in [0.25, 0.3) is 0 Å². The first-order valence-electron chi connectivity index (χ1n) is 7.89. The van der Waals surface area contributed by atoms with E-state index < -0.39 is 10.8 Å². The highest BCUT2D eigenvalue weighted by atomic mass is 35.5. The molecule has 4 nitrogen and oxygen atoms in total. The van der Waals surface area contributed by atoms with E-state index >= 15 is 0 Å². The van der Waals surface area contributed by atoms with Gasteiger partial charge in [-0.25, -0.2) is 4.99 Å². The molecule has 0 aromatic heterocycles. The zero-order valence-corrected chi connectivity index (χ0v) is 15.2. The first kappa shape index (κ1) is 18.5. The van der Waals surface area contributed by atoms with E-state index in [9.17, 15) is 4.21 Å². The third kappa shape index (κ3) is 6.34. The largest absolute Gasteiger partial charge is 0.357 e. The average Bonchev–Trinajstić information content (AvgIpc) is 2.60. The predicted octanol–water partition coefficient (Wildman–Crippen LogP) is 3.20. The highest BCUT2D eigenvalue weighted by Gasteiger charge is 2.04. The van der Waals surface area contributed by atoms with Crippen molar-refractivity contribution in [1.29, 1.82) is 0 Å². The molecule has 0 amide bonds. The Morgan fingerprint density at radius 1 is 1.12 bits per heavy atom. The summed E-state index contributed by atoms with van der Waals surface area (Å²) in [5.41, 5.74) is 1.05. The maximum absolute atomic E-state index is 12.2. The molecule has 0 spiro atoms. The maximum Gasteiger partial charge on any atom is 0.191 e. The minimum absolute atomic E-state index is 0.533. The molecule has 2 rings (SSSR count). The van der Waals surface area contributed by atoms with Gasteiger partial charge in [-0.3, -0.25) is 4.21 Å². The minimum Gasteiger partial charge on any atom is -0.357 e. The normalized spacial score (nSPS) is 12.7. The second kappa shape index (κ2) is 10.1. The number of halogens is 1. The van der Waals surface area contributed by atoms with Gasteiger partial charge in [0.1, 0.15) is 0 Å². The molecule has 0 radical (unpaired) electrons. The van der Waals surface area contributed by atoms with Gasteiger partial charge in [-0.2, -0.15) is 0 Å². The third-order valence-electron chi connectivity index (χ3n) is 3.24. The molecule has 0 aliphatic rings. The number of guanidine groups is 1. The highest BCUT2D eigenvalue weighted by Crippen LogP contribution is 2.11. The molecule has 24 heavy (non-hydrogen) atoms. The lowest BCUT2D eigenvalue weighted by molar-refractivity contribution is 0.681. The van der Waals surface area contributed by atoms with Crippen LogP contribution in [0.15, 0.2) is 64.5 Å². The summed E-state index contributed by atoms with van der Waals surface area (Å²) in [7, 11) is -1.01. The van der Waals surface area contributed by atoms with Gasteiger partial charge in [0.2, 0.25) is 0 Å². The van der Waals surface area contributed by atoms with Crippen LogP contribution < -0.4 is 10.6 Å². The Bertz CT molecular complexity index is 692. The number of nitrogens with zero attached hydrogens (tertiary/aromatic N) is 1. The quantitative estimate of drug-likeness (QED) is 0.586. The zero-order valence-electron chi connectivity index (χ0n) is 13.7. The molecule has 0 saturated heterocycles. The van der Waals surface area contributed by atoms with Gasteiger partial charge in [0, 0.05) is 28.8 Å². The molecule has 0 aliphatic heterocycles. The van der Waals surface area contributed by atoms with Crippen molar-refractivity contribution in [2.24, 2.45) is 4.99 Å². The van der Waals surface area contributed by atoms with Crippen LogP contribution in [-0.4, -0.2) is 29.0 Å². The van der Waals surface area contributed by atoms with Crippen LogP contribution >= 0.6 is 11.6 Å². The van der Waals surface area contributed by atoms with Crippen molar-refractivity contribution in [3.05, 3.63) is 65.2 Å². The molecule has 2 aromatic carbocycles. The molecular weight excluding hydrogens is 342 g/mol. The summed E-state index contributed by atoms with van der Waals surface area (Å²) >= 11 is 5.98. The Labute approximate surface area is 150 Å². The van der Waals surface area contributed by atoms with Gasteiger partial charge in [-0.1, -0.05) is 41.9 Å². The first-order chi connectivity index (χ1) is 11.7. The third-order valence-corrected chi connectivity index (χ3v) is 4.85. The summed E-state index contributed by atoms with van der Waals surface area (Å²) in [6, 6.07) is 17.1. The van der Waals surface area contributed by atoms with Crippen LogP contribution in [0, 0.1) is 0 Å². The van der Waals surface area contributed by atoms with E-state index in [2.05, 4.69) is 15.6 Å². The molecule has 2 aromatic rings. The van der Waals surface area contributed by atoms with Gasteiger partial charge in [-0.15, -0.1) is 0 Å². The molecule has 0 heterocycles. The summed E-state index contributed by atoms with van der Waals surface area (Å²) in [6.07, 6.45) is 0. The Kier molecular flexibility index (Phi) is 7.79. The molecule has 6 heteroatoms. The van der Waals surface area contributed by atoms with E-state index in [1.165, 1.54) is 0 Å². The van der Waals surface area contributed by atoms with Crippen LogP contribution in [0.3, 0.4) is 0 Å². The summed E-state index contributed by atoms with van der Waals surface area (Å²) in [6.45, 7) is 3.91. The van der Waals surface area contributed by atoms with Crippen LogP contribution in [0.25, 0.3) is 0 Å². The molecule has 0 saturated carbocycles. The van der Waals surface area contributed by atoms with E-state index in [1.54, 1.807) is 0 Å². The summed E-state index contributed by atoms with van der Waals surface area (Å²) < 4.78 is 12.2. The fraction of sp³-hybridized carbons (Fsp3) is 0.278. The lowest BCUT2D eigenvalue weighted by Crippen LogP contribution is -2.39. The number of aliphatic imine (C=N–C) groups is 1. The summed E-state index contributed by atoms with van der Waals surface area (Å²) in [5, 5.41) is 7.11. The molecule has 0 aliphatic carbocycles. The summed E-state index contributed by atoms with van der Waals surface area (Å²) in [4.78, 5) is 5.38. The molecule has 1 atom stereocenters. The Morgan fingerprint density at radius 2 is 1.92 bits per heavy atom. The van der Waals surface area contributed by atoms with Crippen LogP contribution in [0.5, 0.6) is 0 Å². The van der Waals surface area contributed by atoms with E-state index in [-0.39, 0.29) is 0 Å². The van der Waals surface area contributed by atoms with Crippen molar-refractivity contribution in [3.63, 3.8) is 0 Å². The van der Waals surface area contributed by atoms with Gasteiger partial charge in [0.15, 0.2) is 5.96 Å². The van der Waals surface area contributed by atoms with Crippen molar-refractivity contribution < 1.29 is 4.21 Å². The zero-order chi connectivity index (χ0) is 17.2. The van der Waals surface area contributed by atoms with E-state index in [0.717, 1.165) is 17.0 Å². The van der Waals surface area contributed by atoms with Crippen molar-refractivity contribution in [2.45, 2.75) is 18.4 Å². The molecule has 0 fully saturated rings. The second-order valence-electron chi connectivity index (χ2n) is 5.11. The van der Waals surface area contributed by atoms with Crippen molar-refractivity contribution in [3.8, 4) is 0 Å². The number of rotatable bonds is 7. The fourth-order valence-corrected chi connectivity index (χ4v) is 3.30. The lowest BCUT2D eigenvalue weighted by Gasteiger charge is -2.11. The molecule has 2 N–H and O–H groups in total. The van der Waals surface area contributed by atoms with Crippen LogP contribution in [0.2, 0.25) is 5.02 Å². The Balaban J connectivity index is 1.86. The molecule has 1 unspecified atom stereocenters. The number of nitrogens with one attached hydrogen (secondary N) is 2. The number of benzene rings is 2. The number of hydrogen-bond donors (Lipinski definition) is 2. The topological polar surface area (TPSA) is 53.5 Å². The van der Waals surface area contributed by atoms with Gasteiger partial charge >= 0.3 is 0 Å². The summed E-state index contributed by atoms with van der Waals surface area (Å²) in [5.74, 6) is 1.24. The Hall–Kier alpha value is -1.85. The van der Waals surface area contributed by atoms with Crippen molar-refractivity contribution in [2.75, 3.05) is 18.8 Å². The standard InChI is InChI=1S/C18H22ClN3OS/c1-2-20-18(22-14-15-7-6-8-16(19)13-15)21-11-12-24(23)17-9-4-3-5-10-17/h3-10,13H,2,11-12,14H2,1H3,(H2,20,21,22). The van der Waals surface area contributed by atoms with Gasteiger partial charge in [0.05, 0.1) is 17.3 Å².